The Kier molecular flexibility index (Phi) is 6.41. The summed E-state index contributed by atoms with van der Waals surface area (Å²) in [5.41, 5.74) is 2.80. The standard InChI is InChI=1S/C22H28N6O2/c1-2-12-23-20(29)16-8-10-17(11-9-16)26-22-27-19-18(24-14-25-19)21(28-22)30-13-15-6-4-3-5-7-15/h8-11,14-15H,2-7,12-13H2,1H3,(H,23,29)(H2,24,25,26,27,28)/p+1. The largest absolute Gasteiger partial charge is 0.466 e. The summed E-state index contributed by atoms with van der Waals surface area (Å²) in [5, 5.41) is 6.12. The number of carbonyl (C=O) groups is 1. The molecule has 4 N–H and O–H groups in total. The van der Waals surface area contributed by atoms with Crippen LogP contribution in [0.1, 0.15) is 55.8 Å². The summed E-state index contributed by atoms with van der Waals surface area (Å²) in [4.78, 5) is 27.2. The molecule has 2 heterocycles. The number of benzene rings is 1. The molecule has 4 rings (SSSR count). The van der Waals surface area contributed by atoms with E-state index in [9.17, 15) is 4.79 Å². The van der Waals surface area contributed by atoms with E-state index in [2.05, 4.69) is 30.6 Å². The monoisotopic (exact) mass is 409 g/mol. The number of fused-ring (bicyclic) bond motifs is 1. The van der Waals surface area contributed by atoms with Crippen molar-refractivity contribution in [3.8, 4) is 5.88 Å². The fourth-order valence-corrected chi connectivity index (χ4v) is 3.75. The van der Waals surface area contributed by atoms with Crippen LogP contribution in [0.2, 0.25) is 0 Å². The molecule has 1 aromatic carbocycles. The van der Waals surface area contributed by atoms with Crippen LogP contribution in [0.15, 0.2) is 30.6 Å². The highest BCUT2D eigenvalue weighted by atomic mass is 16.5. The Morgan fingerprint density at radius 2 is 2.03 bits per heavy atom. The lowest BCUT2D eigenvalue weighted by Crippen LogP contribution is -2.23. The van der Waals surface area contributed by atoms with E-state index in [1.165, 1.54) is 32.1 Å². The van der Waals surface area contributed by atoms with E-state index >= 15 is 0 Å². The van der Waals surface area contributed by atoms with Crippen molar-refractivity contribution in [2.75, 3.05) is 18.5 Å². The number of imidazole rings is 1. The maximum absolute atomic E-state index is 12.1. The molecule has 1 fully saturated rings. The minimum absolute atomic E-state index is 0.0653. The molecule has 2 aromatic heterocycles. The summed E-state index contributed by atoms with van der Waals surface area (Å²) < 4.78 is 6.12. The van der Waals surface area contributed by atoms with Gasteiger partial charge in [0.25, 0.3) is 17.4 Å². The molecule has 1 saturated carbocycles. The average Bonchev–Trinajstić information content (AvgIpc) is 3.26. The van der Waals surface area contributed by atoms with Gasteiger partial charge in [-0.1, -0.05) is 26.2 Å². The Hall–Kier alpha value is -3.16. The van der Waals surface area contributed by atoms with Crippen LogP contribution >= 0.6 is 0 Å². The third-order valence-corrected chi connectivity index (χ3v) is 5.43. The Morgan fingerprint density at radius 3 is 2.80 bits per heavy atom. The second-order valence-electron chi connectivity index (χ2n) is 7.79. The molecular weight excluding hydrogens is 380 g/mol. The molecule has 158 valence electrons. The number of H-pyrrole nitrogens is 2. The van der Waals surface area contributed by atoms with E-state index in [1.807, 2.05) is 19.1 Å². The minimum Gasteiger partial charge on any atom is -0.466 e. The maximum atomic E-state index is 12.1. The molecule has 1 aliphatic rings. The lowest BCUT2D eigenvalue weighted by molar-refractivity contribution is -0.380. The number of anilines is 2. The molecule has 30 heavy (non-hydrogen) atoms. The molecule has 8 nitrogen and oxygen atoms in total. The van der Waals surface area contributed by atoms with Gasteiger partial charge in [0.1, 0.15) is 0 Å². The normalized spacial score (nSPS) is 14.6. The average molecular weight is 410 g/mol. The summed E-state index contributed by atoms with van der Waals surface area (Å²) in [6.07, 6.45) is 8.87. The second kappa shape index (κ2) is 9.56. The SMILES string of the molecule is CCCNC(=O)c1ccc(Nc2nc3nc[nH]c3c(OCC3CCCCC3)[nH+]2)cc1. The number of nitrogens with one attached hydrogen (secondary N) is 4. The van der Waals surface area contributed by atoms with Crippen LogP contribution in [0.3, 0.4) is 0 Å². The summed E-state index contributed by atoms with van der Waals surface area (Å²) in [6, 6.07) is 7.29. The number of ether oxygens (including phenoxy) is 1. The van der Waals surface area contributed by atoms with Gasteiger partial charge in [0.2, 0.25) is 0 Å². The quantitative estimate of drug-likeness (QED) is 0.527. The molecule has 3 aromatic rings. The number of aromatic amines is 2. The molecule has 0 unspecified atom stereocenters. The van der Waals surface area contributed by atoms with Crippen LogP contribution in [-0.2, 0) is 0 Å². The number of amides is 1. The fourth-order valence-electron chi connectivity index (χ4n) is 3.75. The number of rotatable bonds is 8. The molecule has 0 bridgehead atoms. The van der Waals surface area contributed by atoms with E-state index in [0.29, 0.717) is 42.1 Å². The molecule has 8 heteroatoms. The van der Waals surface area contributed by atoms with Crippen LogP contribution in [-0.4, -0.2) is 34.0 Å². The van der Waals surface area contributed by atoms with Gasteiger partial charge >= 0.3 is 5.95 Å². The van der Waals surface area contributed by atoms with Crippen LogP contribution in [0.25, 0.3) is 11.2 Å². The van der Waals surface area contributed by atoms with Crippen molar-refractivity contribution in [2.45, 2.75) is 45.4 Å². The molecule has 0 saturated heterocycles. The van der Waals surface area contributed by atoms with Gasteiger partial charge in [0, 0.05) is 12.1 Å². The van der Waals surface area contributed by atoms with E-state index in [-0.39, 0.29) is 5.91 Å². The van der Waals surface area contributed by atoms with Crippen LogP contribution in [0, 0.1) is 5.92 Å². The van der Waals surface area contributed by atoms with Crippen LogP contribution in [0.5, 0.6) is 5.88 Å². The number of aromatic nitrogens is 4. The first-order chi connectivity index (χ1) is 14.7. The highest BCUT2D eigenvalue weighted by molar-refractivity contribution is 5.94. The lowest BCUT2D eigenvalue weighted by Gasteiger charge is -2.21. The first kappa shape index (κ1) is 20.1. The van der Waals surface area contributed by atoms with Crippen molar-refractivity contribution in [3.05, 3.63) is 36.2 Å². The predicted octanol–water partition coefficient (Wildman–Crippen LogP) is 3.61. The number of hydrogen-bond acceptors (Lipinski definition) is 5. The van der Waals surface area contributed by atoms with Gasteiger partial charge in [-0.15, -0.1) is 0 Å². The van der Waals surface area contributed by atoms with Gasteiger partial charge in [-0.2, -0.15) is 0 Å². The van der Waals surface area contributed by atoms with Gasteiger partial charge < -0.3 is 15.0 Å². The Bertz CT molecular complexity index is 979. The minimum atomic E-state index is -0.0653. The molecule has 1 amide bonds. The van der Waals surface area contributed by atoms with Crippen molar-refractivity contribution in [1.82, 2.24) is 20.3 Å². The van der Waals surface area contributed by atoms with Crippen molar-refractivity contribution in [1.29, 1.82) is 0 Å². The third-order valence-electron chi connectivity index (χ3n) is 5.43. The first-order valence-electron chi connectivity index (χ1n) is 10.8. The zero-order chi connectivity index (χ0) is 20.8. The number of carbonyl (C=O) groups excluding carboxylic acids is 1. The van der Waals surface area contributed by atoms with Gasteiger partial charge in [-0.05, 0) is 54.4 Å². The highest BCUT2D eigenvalue weighted by Crippen LogP contribution is 2.25. The second-order valence-corrected chi connectivity index (χ2v) is 7.79. The van der Waals surface area contributed by atoms with E-state index in [1.54, 1.807) is 18.5 Å². The maximum Gasteiger partial charge on any atom is 0.399 e. The van der Waals surface area contributed by atoms with E-state index in [0.717, 1.165) is 17.6 Å². The predicted molar refractivity (Wildman–Crippen MR) is 115 cm³/mol. The van der Waals surface area contributed by atoms with Crippen molar-refractivity contribution in [2.24, 2.45) is 5.92 Å². The Balaban J connectivity index is 1.46. The first-order valence-corrected chi connectivity index (χ1v) is 10.8. The van der Waals surface area contributed by atoms with Gasteiger partial charge in [-0.25, -0.2) is 15.3 Å². The van der Waals surface area contributed by atoms with Crippen molar-refractivity contribution < 1.29 is 14.5 Å². The van der Waals surface area contributed by atoms with Gasteiger partial charge in [0.15, 0.2) is 5.52 Å². The summed E-state index contributed by atoms with van der Waals surface area (Å²) >= 11 is 0. The van der Waals surface area contributed by atoms with Crippen molar-refractivity contribution in [3.63, 3.8) is 0 Å². The third kappa shape index (κ3) is 4.87. The molecule has 0 spiro atoms. The zero-order valence-electron chi connectivity index (χ0n) is 17.3. The molecule has 0 atom stereocenters. The highest BCUT2D eigenvalue weighted by Gasteiger charge is 2.20. The molecule has 0 radical (unpaired) electrons. The summed E-state index contributed by atoms with van der Waals surface area (Å²) in [6.45, 7) is 3.39. The van der Waals surface area contributed by atoms with Gasteiger partial charge in [-0.3, -0.25) is 4.79 Å². The van der Waals surface area contributed by atoms with E-state index < -0.39 is 0 Å². The van der Waals surface area contributed by atoms with E-state index in [4.69, 9.17) is 4.74 Å². The fraction of sp³-hybridized carbons (Fsp3) is 0.455. The topological polar surface area (TPSA) is 106 Å². The Labute approximate surface area is 175 Å². The lowest BCUT2D eigenvalue weighted by atomic mass is 9.90. The molecule has 0 aliphatic heterocycles. The summed E-state index contributed by atoms with van der Waals surface area (Å²) in [7, 11) is 0. The number of nitrogens with zero attached hydrogens (tertiary/aromatic N) is 2. The van der Waals surface area contributed by atoms with Crippen LogP contribution < -0.4 is 20.4 Å². The smallest absolute Gasteiger partial charge is 0.399 e. The van der Waals surface area contributed by atoms with Crippen molar-refractivity contribution >= 4 is 28.7 Å². The van der Waals surface area contributed by atoms with Crippen LogP contribution in [0.4, 0.5) is 11.6 Å². The van der Waals surface area contributed by atoms with Gasteiger partial charge in [0.05, 0.1) is 18.6 Å². The Morgan fingerprint density at radius 1 is 1.23 bits per heavy atom. The zero-order valence-corrected chi connectivity index (χ0v) is 17.3. The number of hydrogen-bond donors (Lipinski definition) is 3. The molecular formula is C22H29N6O2+. The summed E-state index contributed by atoms with van der Waals surface area (Å²) in [5.74, 6) is 1.71. The molecule has 1 aliphatic carbocycles.